The van der Waals surface area contributed by atoms with Crippen molar-refractivity contribution in [3.63, 3.8) is 0 Å². The molecule has 2 aromatic heterocycles. The zero-order valence-electron chi connectivity index (χ0n) is 33.8. The monoisotopic (exact) mass is 908 g/mol. The Balaban J connectivity index is 0.000000299. The minimum Gasteiger partial charge on any atom is -0.512 e. The van der Waals surface area contributed by atoms with Crippen LogP contribution in [0.2, 0.25) is 0 Å². The van der Waals surface area contributed by atoms with Gasteiger partial charge in [-0.3, -0.25) is 9.78 Å². The second-order valence-corrected chi connectivity index (χ2v) is 17.7. The van der Waals surface area contributed by atoms with Crippen LogP contribution >= 0.6 is 11.3 Å². The van der Waals surface area contributed by atoms with Gasteiger partial charge in [-0.1, -0.05) is 124 Å². The topological polar surface area (TPSA) is 63.1 Å². The fraction of sp³-hybridized carbons (Fsp3) is 0.468. The average Bonchev–Trinajstić information content (AvgIpc) is 3.53. The van der Waals surface area contributed by atoms with E-state index in [0.717, 1.165) is 66.4 Å². The van der Waals surface area contributed by atoms with Crippen molar-refractivity contribution in [3.8, 4) is 22.4 Å². The Hall–Kier alpha value is -3.18. The van der Waals surface area contributed by atoms with E-state index in [-0.39, 0.29) is 47.9 Å². The van der Waals surface area contributed by atoms with Gasteiger partial charge in [-0.2, -0.15) is 0 Å². The number of aliphatic hydroxyl groups excluding tert-OH is 1. The molecule has 0 saturated carbocycles. The third-order valence-electron chi connectivity index (χ3n) is 11.8. The molecule has 1 radical (unpaired) electrons. The summed E-state index contributed by atoms with van der Waals surface area (Å²) in [5.41, 5.74) is 8.55. The van der Waals surface area contributed by atoms with E-state index in [1.54, 1.807) is 6.33 Å². The van der Waals surface area contributed by atoms with Crippen molar-refractivity contribution < 1.29 is 30.0 Å². The minimum absolute atomic E-state index is 0. The van der Waals surface area contributed by atoms with Crippen LogP contribution in [-0.2, 0) is 49.6 Å². The van der Waals surface area contributed by atoms with Gasteiger partial charge in [-0.25, -0.2) is 4.98 Å². The number of aromatic nitrogens is 2. The van der Waals surface area contributed by atoms with Gasteiger partial charge in [0.1, 0.15) is 16.9 Å². The summed E-state index contributed by atoms with van der Waals surface area (Å²) in [6, 6.07) is 21.5. The molecule has 3 aromatic carbocycles. The molecular formula is C47H59IrN2O2S-. The molecular weight excluding hydrogens is 849 g/mol. The first-order valence-electron chi connectivity index (χ1n) is 19.4. The minimum atomic E-state index is -0.337. The van der Waals surface area contributed by atoms with Gasteiger partial charge in [-0.15, -0.1) is 40.5 Å². The third-order valence-corrected chi connectivity index (χ3v) is 12.9. The summed E-state index contributed by atoms with van der Waals surface area (Å²) in [4.78, 5) is 24.3. The molecule has 0 unspecified atom stereocenters. The predicted molar refractivity (Wildman–Crippen MR) is 222 cm³/mol. The number of nitrogens with zero attached hydrogens (tertiary/aromatic N) is 2. The van der Waals surface area contributed by atoms with Crippen molar-refractivity contribution in [1.29, 1.82) is 0 Å². The molecule has 0 aliphatic heterocycles. The first kappa shape index (κ1) is 42.6. The van der Waals surface area contributed by atoms with E-state index in [4.69, 9.17) is 9.97 Å². The van der Waals surface area contributed by atoms with Crippen LogP contribution in [0.15, 0.2) is 66.7 Å². The summed E-state index contributed by atoms with van der Waals surface area (Å²) in [5, 5.41) is 13.7. The summed E-state index contributed by atoms with van der Waals surface area (Å²) < 4.78 is 0. The standard InChI is InChI=1S/C32H31N2S.C15H28O2.Ir/c1-19(2)15-20-10-8-12-25-23(20)13-14-27-28(25)29-30(33-18-34-31(29)35-27)22-16-21-9-6-7-11-24(21)26(17-22)32(3,4)5;1-7-14(5,8-2)12(16)11-13(17)15(6,9-3)10-4;/h6-12,17-19H,13-15H2,1-5H3;11,16H,7-10H2,1-6H3;/q-1;;/b;12-11-;. The molecule has 0 bridgehead atoms. The van der Waals surface area contributed by atoms with E-state index in [9.17, 15) is 9.90 Å². The van der Waals surface area contributed by atoms with Gasteiger partial charge in [0.05, 0.1) is 0 Å². The van der Waals surface area contributed by atoms with Crippen molar-refractivity contribution >= 4 is 38.1 Å². The maximum absolute atomic E-state index is 12.2. The molecule has 6 rings (SSSR count). The fourth-order valence-electron chi connectivity index (χ4n) is 7.34. The Morgan fingerprint density at radius 3 is 2.19 bits per heavy atom. The largest absolute Gasteiger partial charge is 0.512 e. The van der Waals surface area contributed by atoms with Crippen LogP contribution in [0.1, 0.15) is 123 Å². The van der Waals surface area contributed by atoms with Crippen molar-refractivity contribution in [2.45, 2.75) is 127 Å². The second-order valence-electron chi connectivity index (χ2n) is 16.7. The van der Waals surface area contributed by atoms with Crippen molar-refractivity contribution in [1.82, 2.24) is 9.97 Å². The van der Waals surface area contributed by atoms with Crippen molar-refractivity contribution in [2.24, 2.45) is 16.7 Å². The van der Waals surface area contributed by atoms with Crippen LogP contribution in [0, 0.1) is 22.8 Å². The number of benzene rings is 3. The van der Waals surface area contributed by atoms with Gasteiger partial charge in [0.25, 0.3) is 0 Å². The third kappa shape index (κ3) is 8.71. The fourth-order valence-corrected chi connectivity index (χ4v) is 8.49. The zero-order chi connectivity index (χ0) is 38.0. The Morgan fingerprint density at radius 2 is 1.57 bits per heavy atom. The molecule has 0 saturated heterocycles. The average molecular weight is 908 g/mol. The maximum Gasteiger partial charge on any atom is 0.164 e. The van der Waals surface area contributed by atoms with Crippen LogP contribution in [0.3, 0.4) is 0 Å². The number of carbonyl (C=O) groups excluding carboxylic acids is 1. The number of thiophene rings is 1. The van der Waals surface area contributed by atoms with Crippen LogP contribution in [0.4, 0.5) is 0 Å². The maximum atomic E-state index is 12.2. The number of allylic oxidation sites excluding steroid dienone is 2. The van der Waals surface area contributed by atoms with Gasteiger partial charge in [0, 0.05) is 58.5 Å². The molecule has 1 aliphatic rings. The number of carbonyl (C=O) groups is 1. The summed E-state index contributed by atoms with van der Waals surface area (Å²) >= 11 is 1.84. The van der Waals surface area contributed by atoms with Crippen LogP contribution in [0.25, 0.3) is 43.4 Å². The summed E-state index contributed by atoms with van der Waals surface area (Å²) in [7, 11) is 0. The number of fused-ring (bicyclic) bond motifs is 6. The summed E-state index contributed by atoms with van der Waals surface area (Å²) in [6.07, 6.45) is 9.79. The molecule has 4 nitrogen and oxygen atoms in total. The van der Waals surface area contributed by atoms with Crippen LogP contribution in [-0.4, -0.2) is 20.9 Å². The number of hydrogen-bond donors (Lipinski definition) is 1. The van der Waals surface area contributed by atoms with Crippen LogP contribution < -0.4 is 0 Å². The molecule has 53 heavy (non-hydrogen) atoms. The predicted octanol–water partition coefficient (Wildman–Crippen LogP) is 13.2. The van der Waals surface area contributed by atoms with E-state index in [1.807, 2.05) is 52.9 Å². The molecule has 0 atom stereocenters. The smallest absolute Gasteiger partial charge is 0.164 e. The van der Waals surface area contributed by atoms with Gasteiger partial charge in [0.15, 0.2) is 5.78 Å². The molecule has 0 spiro atoms. The van der Waals surface area contributed by atoms with E-state index in [1.165, 1.54) is 49.5 Å². The Kier molecular flexibility index (Phi) is 13.7. The van der Waals surface area contributed by atoms with E-state index in [0.29, 0.717) is 5.92 Å². The van der Waals surface area contributed by atoms with E-state index in [2.05, 4.69) is 89.2 Å². The Morgan fingerprint density at radius 1 is 0.906 bits per heavy atom. The number of aryl methyl sites for hydroxylation is 1. The molecule has 1 aliphatic carbocycles. The number of aliphatic hydroxyl groups is 1. The molecule has 5 aromatic rings. The second kappa shape index (κ2) is 17.1. The molecule has 2 heterocycles. The SMILES string of the molecule is CC(C)Cc1cccc2c1CCc1sc3ncnc(-c4[c-]c5ccccc5c(C(C)(C)C)c4)c3c1-2.CCC(C)(CC)C(=O)/C=C(\O)C(C)(CC)CC.[Ir]. The van der Waals surface area contributed by atoms with Gasteiger partial charge >= 0.3 is 0 Å². The molecule has 285 valence electrons. The Labute approximate surface area is 336 Å². The van der Waals surface area contributed by atoms with Gasteiger partial charge in [-0.05, 0) is 73.0 Å². The van der Waals surface area contributed by atoms with E-state index < -0.39 is 0 Å². The number of hydrogen-bond acceptors (Lipinski definition) is 5. The number of ketones is 1. The summed E-state index contributed by atoms with van der Waals surface area (Å²) in [6.45, 7) is 23.6. The van der Waals surface area contributed by atoms with Gasteiger partial charge < -0.3 is 5.11 Å². The van der Waals surface area contributed by atoms with Crippen LogP contribution in [0.5, 0.6) is 0 Å². The first-order valence-corrected chi connectivity index (χ1v) is 20.2. The van der Waals surface area contributed by atoms with Crippen molar-refractivity contribution in [2.75, 3.05) is 0 Å². The molecule has 0 fully saturated rings. The molecule has 6 heteroatoms. The molecule has 1 N–H and O–H groups in total. The normalized spacial score (nSPS) is 13.3. The van der Waals surface area contributed by atoms with Crippen molar-refractivity contribution in [3.05, 3.63) is 94.3 Å². The summed E-state index contributed by atoms with van der Waals surface area (Å²) in [5.74, 6) is 0.928. The zero-order valence-corrected chi connectivity index (χ0v) is 37.0. The quantitative estimate of drug-likeness (QED) is 0.0861. The van der Waals surface area contributed by atoms with Gasteiger partial charge in [0.2, 0.25) is 0 Å². The van der Waals surface area contributed by atoms with E-state index >= 15 is 0 Å². The Bertz CT molecular complexity index is 2090. The number of rotatable bonds is 10. The molecule has 0 amide bonds. The first-order chi connectivity index (χ1) is 24.6.